The highest BCUT2D eigenvalue weighted by atomic mass is 35.5. The van der Waals surface area contributed by atoms with Gasteiger partial charge < -0.3 is 15.1 Å². The van der Waals surface area contributed by atoms with Crippen molar-refractivity contribution in [2.24, 2.45) is 5.84 Å². The highest BCUT2D eigenvalue weighted by molar-refractivity contribution is 6.29. The number of aromatic nitrogens is 1. The SMILES string of the molecule is COCCN(C(=O)c1cc(Cl)nc(NN)c1)C(C)C. The number of halogens is 1. The first kappa shape index (κ1) is 15.7. The van der Waals surface area contributed by atoms with E-state index in [0.29, 0.717) is 24.5 Å². The lowest BCUT2D eigenvalue weighted by Crippen LogP contribution is -2.39. The molecule has 19 heavy (non-hydrogen) atoms. The Morgan fingerprint density at radius 2 is 2.26 bits per heavy atom. The van der Waals surface area contributed by atoms with Crippen LogP contribution in [0.1, 0.15) is 24.2 Å². The Labute approximate surface area is 117 Å². The Balaban J connectivity index is 2.98. The second kappa shape index (κ2) is 7.28. The van der Waals surface area contributed by atoms with Crippen LogP contribution in [0.25, 0.3) is 0 Å². The Morgan fingerprint density at radius 3 is 2.79 bits per heavy atom. The Kier molecular flexibility index (Phi) is 6.01. The fraction of sp³-hybridized carbons (Fsp3) is 0.500. The first-order valence-electron chi connectivity index (χ1n) is 5.93. The van der Waals surface area contributed by atoms with Crippen molar-refractivity contribution in [3.63, 3.8) is 0 Å². The van der Waals surface area contributed by atoms with Crippen molar-refractivity contribution in [3.05, 3.63) is 22.8 Å². The molecule has 0 aromatic carbocycles. The number of hydrogen-bond donors (Lipinski definition) is 2. The van der Waals surface area contributed by atoms with Crippen LogP contribution >= 0.6 is 11.6 Å². The Bertz CT molecular complexity index is 440. The molecule has 0 spiro atoms. The van der Waals surface area contributed by atoms with Crippen LogP contribution in [0.4, 0.5) is 5.82 Å². The van der Waals surface area contributed by atoms with Gasteiger partial charge >= 0.3 is 0 Å². The van der Waals surface area contributed by atoms with Gasteiger partial charge in [-0.15, -0.1) is 0 Å². The maximum absolute atomic E-state index is 12.4. The number of nitrogen functional groups attached to an aromatic ring is 1. The first-order chi connectivity index (χ1) is 8.99. The molecule has 0 aliphatic carbocycles. The predicted molar refractivity (Wildman–Crippen MR) is 75.1 cm³/mol. The lowest BCUT2D eigenvalue weighted by atomic mass is 10.2. The minimum Gasteiger partial charge on any atom is -0.383 e. The van der Waals surface area contributed by atoms with Crippen LogP contribution in [0.2, 0.25) is 5.15 Å². The van der Waals surface area contributed by atoms with E-state index in [9.17, 15) is 4.79 Å². The summed E-state index contributed by atoms with van der Waals surface area (Å²) < 4.78 is 5.01. The molecule has 0 fully saturated rings. The molecule has 0 saturated heterocycles. The number of nitrogens with zero attached hydrogens (tertiary/aromatic N) is 2. The number of amides is 1. The van der Waals surface area contributed by atoms with Crippen molar-refractivity contribution >= 4 is 23.3 Å². The summed E-state index contributed by atoms with van der Waals surface area (Å²) in [4.78, 5) is 18.1. The van der Waals surface area contributed by atoms with E-state index < -0.39 is 0 Å². The first-order valence-corrected chi connectivity index (χ1v) is 6.31. The summed E-state index contributed by atoms with van der Waals surface area (Å²) in [7, 11) is 1.60. The van der Waals surface area contributed by atoms with E-state index in [1.807, 2.05) is 13.8 Å². The normalized spacial score (nSPS) is 10.6. The minimum atomic E-state index is -0.132. The molecule has 6 nitrogen and oxygen atoms in total. The van der Waals surface area contributed by atoms with Crippen LogP contribution < -0.4 is 11.3 Å². The van der Waals surface area contributed by atoms with Gasteiger partial charge in [0.1, 0.15) is 11.0 Å². The van der Waals surface area contributed by atoms with Crippen molar-refractivity contribution in [2.45, 2.75) is 19.9 Å². The quantitative estimate of drug-likeness (QED) is 0.471. The molecule has 1 aromatic rings. The molecule has 1 aromatic heterocycles. The van der Waals surface area contributed by atoms with Crippen molar-refractivity contribution in [1.29, 1.82) is 0 Å². The van der Waals surface area contributed by atoms with Crippen LogP contribution in [-0.4, -0.2) is 42.1 Å². The zero-order valence-electron chi connectivity index (χ0n) is 11.3. The molecule has 1 amide bonds. The lowest BCUT2D eigenvalue weighted by Gasteiger charge is -2.26. The summed E-state index contributed by atoms with van der Waals surface area (Å²) in [6.07, 6.45) is 0. The number of pyridine rings is 1. The summed E-state index contributed by atoms with van der Waals surface area (Å²) in [6.45, 7) is 4.87. The van der Waals surface area contributed by atoms with E-state index in [-0.39, 0.29) is 17.1 Å². The van der Waals surface area contributed by atoms with Gasteiger partial charge in [-0.3, -0.25) is 4.79 Å². The van der Waals surface area contributed by atoms with E-state index in [1.54, 1.807) is 18.1 Å². The smallest absolute Gasteiger partial charge is 0.254 e. The van der Waals surface area contributed by atoms with Gasteiger partial charge in [0.2, 0.25) is 0 Å². The second-order valence-corrected chi connectivity index (χ2v) is 4.68. The number of ether oxygens (including phenoxy) is 1. The molecular formula is C12H19ClN4O2. The number of carbonyl (C=O) groups is 1. The summed E-state index contributed by atoms with van der Waals surface area (Å²) in [5.74, 6) is 5.51. The molecule has 0 aliphatic heterocycles. The molecule has 106 valence electrons. The average Bonchev–Trinajstić information content (AvgIpc) is 2.37. The monoisotopic (exact) mass is 286 g/mol. The van der Waals surface area contributed by atoms with Gasteiger partial charge in [-0.2, -0.15) is 0 Å². The van der Waals surface area contributed by atoms with Gasteiger partial charge in [0.05, 0.1) is 6.61 Å². The van der Waals surface area contributed by atoms with Gasteiger partial charge in [0.15, 0.2) is 0 Å². The number of hydrazine groups is 1. The molecule has 0 bridgehead atoms. The summed E-state index contributed by atoms with van der Waals surface area (Å²) >= 11 is 5.86. The van der Waals surface area contributed by atoms with Crippen molar-refractivity contribution in [1.82, 2.24) is 9.88 Å². The van der Waals surface area contributed by atoms with Crippen LogP contribution in [0.15, 0.2) is 12.1 Å². The number of hydrogen-bond acceptors (Lipinski definition) is 5. The standard InChI is InChI=1S/C12H19ClN4O2/c1-8(2)17(4-5-19-3)12(18)9-6-10(13)15-11(7-9)16-14/h6-8H,4-5,14H2,1-3H3,(H,15,16). The molecule has 3 N–H and O–H groups in total. The van der Waals surface area contributed by atoms with Gasteiger partial charge in [-0.1, -0.05) is 11.6 Å². The van der Waals surface area contributed by atoms with Crippen LogP contribution in [-0.2, 0) is 4.74 Å². The van der Waals surface area contributed by atoms with Crippen LogP contribution in [0, 0.1) is 0 Å². The summed E-state index contributed by atoms with van der Waals surface area (Å²) in [5, 5.41) is 0.217. The molecule has 1 heterocycles. The lowest BCUT2D eigenvalue weighted by molar-refractivity contribution is 0.0635. The molecule has 7 heteroatoms. The molecule has 0 aliphatic rings. The third kappa shape index (κ3) is 4.34. The second-order valence-electron chi connectivity index (χ2n) is 4.29. The fourth-order valence-electron chi connectivity index (χ4n) is 1.64. The number of nitrogens with one attached hydrogen (secondary N) is 1. The maximum atomic E-state index is 12.4. The van der Waals surface area contributed by atoms with Crippen molar-refractivity contribution in [2.75, 3.05) is 25.7 Å². The van der Waals surface area contributed by atoms with Gasteiger partial charge in [-0.25, -0.2) is 10.8 Å². The van der Waals surface area contributed by atoms with E-state index in [2.05, 4.69) is 10.4 Å². The molecule has 0 saturated carbocycles. The third-order valence-electron chi connectivity index (χ3n) is 2.61. The van der Waals surface area contributed by atoms with E-state index in [4.69, 9.17) is 22.2 Å². The number of nitrogens with two attached hydrogens (primary N) is 1. The Hall–Kier alpha value is -1.37. The molecule has 0 unspecified atom stereocenters. The third-order valence-corrected chi connectivity index (χ3v) is 2.80. The summed E-state index contributed by atoms with van der Waals surface area (Å²) in [6, 6.07) is 3.15. The number of anilines is 1. The average molecular weight is 287 g/mol. The zero-order valence-corrected chi connectivity index (χ0v) is 12.1. The van der Waals surface area contributed by atoms with E-state index in [0.717, 1.165) is 0 Å². The van der Waals surface area contributed by atoms with Crippen molar-refractivity contribution in [3.8, 4) is 0 Å². The predicted octanol–water partition coefficient (Wildman–Crippen LogP) is 1.52. The molecule has 1 rings (SSSR count). The molecule has 0 radical (unpaired) electrons. The number of rotatable bonds is 6. The topological polar surface area (TPSA) is 80.5 Å². The maximum Gasteiger partial charge on any atom is 0.254 e. The number of methoxy groups -OCH3 is 1. The van der Waals surface area contributed by atoms with E-state index in [1.165, 1.54) is 6.07 Å². The van der Waals surface area contributed by atoms with E-state index >= 15 is 0 Å². The highest BCUT2D eigenvalue weighted by Crippen LogP contribution is 2.16. The Morgan fingerprint density at radius 1 is 1.58 bits per heavy atom. The summed E-state index contributed by atoms with van der Waals surface area (Å²) in [5.41, 5.74) is 2.83. The minimum absolute atomic E-state index is 0.0591. The molecular weight excluding hydrogens is 268 g/mol. The van der Waals surface area contributed by atoms with Gasteiger partial charge in [0, 0.05) is 25.3 Å². The van der Waals surface area contributed by atoms with Gasteiger partial charge in [-0.05, 0) is 26.0 Å². The number of carbonyl (C=O) groups excluding carboxylic acids is 1. The molecule has 0 atom stereocenters. The van der Waals surface area contributed by atoms with Crippen LogP contribution in [0.5, 0.6) is 0 Å². The highest BCUT2D eigenvalue weighted by Gasteiger charge is 2.19. The fourth-order valence-corrected chi connectivity index (χ4v) is 1.85. The van der Waals surface area contributed by atoms with Gasteiger partial charge in [0.25, 0.3) is 5.91 Å². The van der Waals surface area contributed by atoms with Crippen LogP contribution in [0.3, 0.4) is 0 Å². The zero-order chi connectivity index (χ0) is 14.4. The van der Waals surface area contributed by atoms with Crippen molar-refractivity contribution < 1.29 is 9.53 Å². The largest absolute Gasteiger partial charge is 0.383 e.